The van der Waals surface area contributed by atoms with Gasteiger partial charge >= 0.3 is 0 Å². The Morgan fingerprint density at radius 3 is 2.94 bits per heavy atom. The zero-order chi connectivity index (χ0) is 11.7. The van der Waals surface area contributed by atoms with Gasteiger partial charge in [0.05, 0.1) is 6.33 Å². The average Bonchev–Trinajstić information content (AvgIpc) is 2.60. The van der Waals surface area contributed by atoms with E-state index in [0.717, 1.165) is 6.33 Å². The molecule has 0 aliphatic carbocycles. The second-order valence-corrected chi connectivity index (χ2v) is 3.71. The number of H-pyrrole nitrogens is 1. The molecule has 1 aromatic rings. The Bertz CT molecular complexity index is 470. The lowest BCUT2D eigenvalue weighted by atomic mass is 10.1. The first kappa shape index (κ1) is 10.6. The number of nitrogens with one attached hydrogen (secondary N) is 1. The van der Waals surface area contributed by atoms with E-state index in [9.17, 15) is 14.7 Å². The van der Waals surface area contributed by atoms with Crippen LogP contribution in [0.25, 0.3) is 0 Å². The number of aromatic amines is 1. The molecule has 1 aromatic heterocycles. The number of nitrogens with zero attached hydrogens (tertiary/aromatic N) is 2. The molecule has 7 heteroatoms. The summed E-state index contributed by atoms with van der Waals surface area (Å²) in [4.78, 5) is 30.2. The monoisotopic (exact) mass is 224 g/mol. The molecule has 0 radical (unpaired) electrons. The van der Waals surface area contributed by atoms with E-state index in [-0.39, 0.29) is 17.5 Å². The van der Waals surface area contributed by atoms with Gasteiger partial charge in [-0.05, 0) is 12.5 Å². The van der Waals surface area contributed by atoms with Gasteiger partial charge in [0, 0.05) is 13.0 Å². The highest BCUT2D eigenvalue weighted by atomic mass is 16.3. The van der Waals surface area contributed by atoms with E-state index in [4.69, 9.17) is 5.73 Å². The molecule has 0 aromatic carbocycles. The molecule has 16 heavy (non-hydrogen) atoms. The minimum atomic E-state index is -0.529. The molecule has 4 N–H and O–H groups in total. The normalized spacial score (nSPS) is 20.4. The quantitative estimate of drug-likeness (QED) is 0.583. The Morgan fingerprint density at radius 1 is 1.62 bits per heavy atom. The number of carbonyl (C=O) groups excluding carboxylic acids is 1. The molecule has 2 heterocycles. The largest absolute Gasteiger partial charge is 0.492 e. The molecule has 1 atom stereocenters. The number of carbonyl (C=O) groups is 1. The van der Waals surface area contributed by atoms with Crippen molar-refractivity contribution in [2.24, 2.45) is 11.7 Å². The molecule has 1 amide bonds. The van der Waals surface area contributed by atoms with Crippen molar-refractivity contribution in [2.45, 2.75) is 6.42 Å². The second-order valence-electron chi connectivity index (χ2n) is 3.71. The van der Waals surface area contributed by atoms with Crippen LogP contribution in [0.1, 0.15) is 6.42 Å². The third-order valence-corrected chi connectivity index (χ3v) is 2.62. The fourth-order valence-electron chi connectivity index (χ4n) is 1.78. The predicted octanol–water partition coefficient (Wildman–Crippen LogP) is -1.21. The van der Waals surface area contributed by atoms with Gasteiger partial charge in [-0.15, -0.1) is 0 Å². The van der Waals surface area contributed by atoms with Crippen LogP contribution < -0.4 is 16.2 Å². The summed E-state index contributed by atoms with van der Waals surface area (Å²) in [6.07, 6.45) is 1.38. The van der Waals surface area contributed by atoms with Gasteiger partial charge in [-0.25, -0.2) is 4.98 Å². The summed E-state index contributed by atoms with van der Waals surface area (Å²) in [6, 6.07) is 0. The maximum atomic E-state index is 11.6. The van der Waals surface area contributed by atoms with Crippen molar-refractivity contribution in [3.05, 3.63) is 16.7 Å². The highest BCUT2D eigenvalue weighted by Gasteiger charge is 2.33. The molecule has 0 spiro atoms. The van der Waals surface area contributed by atoms with Crippen LogP contribution in [0.5, 0.6) is 5.88 Å². The summed E-state index contributed by atoms with van der Waals surface area (Å²) >= 11 is 0. The van der Waals surface area contributed by atoms with Crippen LogP contribution in [0.15, 0.2) is 11.1 Å². The van der Waals surface area contributed by atoms with Crippen molar-refractivity contribution in [3.8, 4) is 5.88 Å². The zero-order valence-corrected chi connectivity index (χ0v) is 8.51. The van der Waals surface area contributed by atoms with E-state index < -0.39 is 11.4 Å². The number of hydrogen-bond acceptors (Lipinski definition) is 5. The van der Waals surface area contributed by atoms with Crippen LogP contribution in [0.2, 0.25) is 0 Å². The van der Waals surface area contributed by atoms with Gasteiger partial charge in [-0.1, -0.05) is 0 Å². The van der Waals surface area contributed by atoms with E-state index in [0.29, 0.717) is 19.5 Å². The third kappa shape index (κ3) is 1.65. The Hall–Kier alpha value is -1.89. The molecule has 1 unspecified atom stereocenters. The predicted molar refractivity (Wildman–Crippen MR) is 56.0 cm³/mol. The summed E-state index contributed by atoms with van der Waals surface area (Å²) < 4.78 is 0. The van der Waals surface area contributed by atoms with E-state index in [1.54, 1.807) is 0 Å². The van der Waals surface area contributed by atoms with Crippen LogP contribution >= 0.6 is 0 Å². The van der Waals surface area contributed by atoms with Gasteiger partial charge < -0.3 is 20.7 Å². The topological polar surface area (TPSA) is 112 Å². The smallest absolute Gasteiger partial charge is 0.278 e. The number of nitrogens with two attached hydrogens (primary N) is 1. The first-order valence-electron chi connectivity index (χ1n) is 4.90. The van der Waals surface area contributed by atoms with Gasteiger partial charge in [0.1, 0.15) is 0 Å². The van der Waals surface area contributed by atoms with Gasteiger partial charge in [-0.3, -0.25) is 9.59 Å². The van der Waals surface area contributed by atoms with Gasteiger partial charge in [0.25, 0.3) is 5.56 Å². The maximum Gasteiger partial charge on any atom is 0.278 e. The molecule has 0 bridgehead atoms. The fourth-order valence-corrected chi connectivity index (χ4v) is 1.78. The fraction of sp³-hybridized carbons (Fsp3) is 0.444. The van der Waals surface area contributed by atoms with Crippen LogP contribution in [-0.2, 0) is 4.79 Å². The Labute approximate surface area is 90.9 Å². The highest BCUT2D eigenvalue weighted by Crippen LogP contribution is 2.26. The van der Waals surface area contributed by atoms with Crippen LogP contribution in [0.4, 0.5) is 5.69 Å². The average molecular weight is 224 g/mol. The third-order valence-electron chi connectivity index (χ3n) is 2.62. The maximum absolute atomic E-state index is 11.6. The van der Waals surface area contributed by atoms with Gasteiger partial charge in [0.15, 0.2) is 5.69 Å². The summed E-state index contributed by atoms with van der Waals surface area (Å²) in [5.41, 5.74) is 4.85. The standard InChI is InChI=1S/C9H12N4O3/c10-2-5-1-6(14)13(3-5)7-8(15)11-4-12-9(7)16/h4-5H,1-3,10H2,(H2,11,12,15,16). The molecule has 2 rings (SSSR count). The Kier molecular flexibility index (Phi) is 2.61. The van der Waals surface area contributed by atoms with Crippen molar-refractivity contribution in [2.75, 3.05) is 18.0 Å². The second kappa shape index (κ2) is 3.93. The lowest BCUT2D eigenvalue weighted by Crippen LogP contribution is -2.31. The number of rotatable bonds is 2. The lowest BCUT2D eigenvalue weighted by molar-refractivity contribution is -0.117. The molecular formula is C9H12N4O3. The first-order valence-corrected chi connectivity index (χ1v) is 4.90. The highest BCUT2D eigenvalue weighted by molar-refractivity contribution is 5.96. The lowest BCUT2D eigenvalue weighted by Gasteiger charge is -2.15. The van der Waals surface area contributed by atoms with E-state index in [2.05, 4.69) is 9.97 Å². The Morgan fingerprint density at radius 2 is 2.38 bits per heavy atom. The minimum Gasteiger partial charge on any atom is -0.492 e. The zero-order valence-electron chi connectivity index (χ0n) is 8.51. The van der Waals surface area contributed by atoms with Crippen molar-refractivity contribution >= 4 is 11.6 Å². The number of aromatic hydroxyl groups is 1. The molecule has 1 aliphatic rings. The minimum absolute atomic E-state index is 0.0199. The van der Waals surface area contributed by atoms with Crippen LogP contribution in [-0.4, -0.2) is 34.1 Å². The van der Waals surface area contributed by atoms with E-state index in [1.807, 2.05) is 0 Å². The van der Waals surface area contributed by atoms with Crippen molar-refractivity contribution < 1.29 is 9.90 Å². The SMILES string of the molecule is NCC1CC(=O)N(c2c(O)nc[nH]c2=O)C1. The Balaban J connectivity index is 2.39. The van der Waals surface area contributed by atoms with Crippen molar-refractivity contribution in [1.29, 1.82) is 0 Å². The molecule has 1 saturated heterocycles. The number of anilines is 1. The summed E-state index contributed by atoms with van der Waals surface area (Å²) in [5, 5.41) is 9.47. The van der Waals surface area contributed by atoms with Gasteiger partial charge in [-0.2, -0.15) is 0 Å². The van der Waals surface area contributed by atoms with E-state index >= 15 is 0 Å². The van der Waals surface area contributed by atoms with Crippen molar-refractivity contribution in [3.63, 3.8) is 0 Å². The molecule has 1 fully saturated rings. The number of hydrogen-bond donors (Lipinski definition) is 3. The number of aromatic nitrogens is 2. The molecular weight excluding hydrogens is 212 g/mol. The first-order chi connectivity index (χ1) is 7.63. The molecule has 0 saturated carbocycles. The molecule has 86 valence electrons. The van der Waals surface area contributed by atoms with Crippen LogP contribution in [0.3, 0.4) is 0 Å². The summed E-state index contributed by atoms with van der Waals surface area (Å²) in [6.45, 7) is 0.721. The van der Waals surface area contributed by atoms with E-state index in [1.165, 1.54) is 4.90 Å². The van der Waals surface area contributed by atoms with Crippen LogP contribution in [0, 0.1) is 5.92 Å². The van der Waals surface area contributed by atoms with Gasteiger partial charge in [0.2, 0.25) is 11.8 Å². The molecule has 7 nitrogen and oxygen atoms in total. The molecule has 1 aliphatic heterocycles. The summed E-state index contributed by atoms with van der Waals surface area (Å²) in [5.74, 6) is -0.634. The van der Waals surface area contributed by atoms with Crippen molar-refractivity contribution in [1.82, 2.24) is 9.97 Å². The number of amides is 1. The summed E-state index contributed by atoms with van der Waals surface area (Å²) in [7, 11) is 0.